The number of nitriles is 1. The van der Waals surface area contributed by atoms with Gasteiger partial charge in [-0.2, -0.15) is 5.26 Å². The molecule has 0 spiro atoms. The predicted octanol–water partition coefficient (Wildman–Crippen LogP) is 5.67. The Morgan fingerprint density at radius 3 is 2.54 bits per heavy atom. The molecule has 194 valence electrons. The van der Waals surface area contributed by atoms with Crippen LogP contribution in [-0.2, 0) is 11.2 Å². The van der Waals surface area contributed by atoms with Crippen molar-refractivity contribution in [2.75, 3.05) is 7.11 Å². The zero-order valence-electron chi connectivity index (χ0n) is 22.0. The minimum atomic E-state index is -0.924. The molecular weight excluding hydrogens is 493 g/mol. The number of methoxy groups -OCH3 is 1. The summed E-state index contributed by atoms with van der Waals surface area (Å²) in [5, 5.41) is 10.0. The number of hydrogen-bond donors (Lipinski definition) is 0. The van der Waals surface area contributed by atoms with Crippen molar-refractivity contribution in [2.24, 2.45) is 0 Å². The molecule has 1 atom stereocenters. The van der Waals surface area contributed by atoms with Crippen molar-refractivity contribution in [3.8, 4) is 17.6 Å². The number of Topliss-reactive ketones (excluding diaryl/α,β-unsaturated/α-hetero) is 1. The van der Waals surface area contributed by atoms with Crippen LogP contribution in [0.1, 0.15) is 60.6 Å². The Bertz CT molecular complexity index is 1680. The van der Waals surface area contributed by atoms with Gasteiger partial charge in [0.25, 0.3) is 5.71 Å². The van der Waals surface area contributed by atoms with Crippen molar-refractivity contribution in [1.29, 1.82) is 5.26 Å². The Kier molecular flexibility index (Phi) is 7.23. The first-order chi connectivity index (χ1) is 18.9. The third kappa shape index (κ3) is 5.16. The Morgan fingerprint density at radius 1 is 1.13 bits per heavy atom. The first-order valence-electron chi connectivity index (χ1n) is 12.8. The van der Waals surface area contributed by atoms with Crippen LogP contribution in [0.4, 0.5) is 4.39 Å². The molecule has 1 aromatic heterocycles. The molecule has 7 heteroatoms. The molecule has 6 nitrogen and oxygen atoms in total. The number of pyridine rings is 1. The van der Waals surface area contributed by atoms with E-state index in [0.717, 1.165) is 33.5 Å². The van der Waals surface area contributed by atoms with Gasteiger partial charge in [-0.25, -0.2) is 4.39 Å². The lowest BCUT2D eigenvalue weighted by Gasteiger charge is -2.21. The summed E-state index contributed by atoms with van der Waals surface area (Å²) < 4.78 is 30.6. The molecule has 0 fully saturated rings. The predicted molar refractivity (Wildman–Crippen MR) is 149 cm³/mol. The van der Waals surface area contributed by atoms with Crippen LogP contribution in [0.15, 0.2) is 66.9 Å². The van der Waals surface area contributed by atoms with Crippen molar-refractivity contribution in [3.63, 3.8) is 0 Å². The molecular formula is C32H27FN3O3+. The summed E-state index contributed by atoms with van der Waals surface area (Å²) in [4.78, 5) is 17.8. The molecule has 0 bridgehead atoms. The van der Waals surface area contributed by atoms with Crippen molar-refractivity contribution in [3.05, 3.63) is 100 Å². The van der Waals surface area contributed by atoms with Crippen LogP contribution < -0.4 is 14.1 Å². The number of benzene rings is 3. The largest absolute Gasteiger partial charge is 0.493 e. The fourth-order valence-corrected chi connectivity index (χ4v) is 4.84. The summed E-state index contributed by atoms with van der Waals surface area (Å²) in [6, 6.07) is 18.9. The van der Waals surface area contributed by atoms with Gasteiger partial charge in [0.15, 0.2) is 23.4 Å². The second-order valence-electron chi connectivity index (χ2n) is 9.51. The quantitative estimate of drug-likeness (QED) is 0.280. The molecule has 0 radical (unpaired) electrons. The zero-order valence-corrected chi connectivity index (χ0v) is 22.0. The molecule has 5 rings (SSSR count). The lowest BCUT2D eigenvalue weighted by atomic mass is 9.90. The van der Waals surface area contributed by atoms with E-state index in [1.54, 1.807) is 30.3 Å². The van der Waals surface area contributed by atoms with Crippen molar-refractivity contribution in [1.82, 2.24) is 9.65 Å². The SMILES string of the molecule is CCCC(=O)C(Oc1cc2c3c(cnc2cc1OC)CC(C)=[N+]=C3c1ccc(C#N)cc1)c1ccc(F)cc1. The van der Waals surface area contributed by atoms with Gasteiger partial charge in [-0.15, -0.1) is 0 Å². The highest BCUT2D eigenvalue weighted by molar-refractivity contribution is 6.22. The molecule has 1 unspecified atom stereocenters. The average Bonchev–Trinajstić information content (AvgIpc) is 2.95. The third-order valence-corrected chi connectivity index (χ3v) is 6.71. The normalized spacial score (nSPS) is 13.1. The first-order valence-corrected chi connectivity index (χ1v) is 12.8. The highest BCUT2D eigenvalue weighted by Crippen LogP contribution is 2.38. The zero-order chi connectivity index (χ0) is 27.5. The molecule has 0 aliphatic carbocycles. The first kappa shape index (κ1) is 25.8. The fraction of sp³-hybridized carbons (Fsp3) is 0.219. The second kappa shape index (κ2) is 10.9. The van der Waals surface area contributed by atoms with Crippen LogP contribution in [0, 0.1) is 17.1 Å². The van der Waals surface area contributed by atoms with Gasteiger partial charge >= 0.3 is 5.71 Å². The van der Waals surface area contributed by atoms with E-state index in [0.29, 0.717) is 47.4 Å². The van der Waals surface area contributed by atoms with Crippen molar-refractivity contribution >= 4 is 28.1 Å². The molecule has 0 N–H and O–H groups in total. The van der Waals surface area contributed by atoms with E-state index in [1.807, 2.05) is 38.2 Å². The molecule has 4 aromatic rings. The Morgan fingerprint density at radius 2 is 1.87 bits per heavy atom. The number of ketones is 1. The number of ether oxygens (including phenoxy) is 2. The maximum Gasteiger partial charge on any atom is 0.342 e. The van der Waals surface area contributed by atoms with Crippen LogP contribution in [0.25, 0.3) is 10.9 Å². The summed E-state index contributed by atoms with van der Waals surface area (Å²) in [6.45, 7) is 3.91. The summed E-state index contributed by atoms with van der Waals surface area (Å²) in [6.07, 6.45) is 2.55. The molecule has 1 aliphatic heterocycles. The minimum absolute atomic E-state index is 0.107. The topological polar surface area (TPSA) is 86.3 Å². The number of fused-ring (bicyclic) bond motifs is 3. The highest BCUT2D eigenvalue weighted by atomic mass is 19.1. The molecule has 2 heterocycles. The van der Waals surface area contributed by atoms with E-state index >= 15 is 0 Å². The second-order valence-corrected chi connectivity index (χ2v) is 9.51. The summed E-state index contributed by atoms with van der Waals surface area (Å²) >= 11 is 0. The standard InChI is InChI=1S/C32H27FN3O3/c1-4-5-27(37)32(22-10-12-24(33)13-11-22)39-29-15-25-26(16-28(29)38-3)35-18-23-14-19(2)36-31(30(23)25)21-8-6-20(17-34)7-9-21/h6-13,15-16,18,32H,4-5,14H2,1-3H3/q+1. The van der Waals surface area contributed by atoms with Crippen LogP contribution in [0.3, 0.4) is 0 Å². The number of carbonyl (C=O) groups is 1. The van der Waals surface area contributed by atoms with Gasteiger partial charge in [-0.3, -0.25) is 9.78 Å². The van der Waals surface area contributed by atoms with Gasteiger partial charge in [-0.1, -0.05) is 23.7 Å². The number of nitrogens with zero attached hydrogens (tertiary/aromatic N) is 3. The van der Waals surface area contributed by atoms with Crippen LogP contribution in [0.2, 0.25) is 0 Å². The number of carbonyl (C=O) groups excluding carboxylic acids is 1. The number of aromatic nitrogens is 1. The monoisotopic (exact) mass is 520 g/mol. The fourth-order valence-electron chi connectivity index (χ4n) is 4.84. The Labute approximate surface area is 226 Å². The number of hydrogen-bond acceptors (Lipinski definition) is 5. The highest BCUT2D eigenvalue weighted by Gasteiger charge is 2.31. The van der Waals surface area contributed by atoms with Gasteiger partial charge in [0.2, 0.25) is 0 Å². The van der Waals surface area contributed by atoms with Gasteiger partial charge in [0, 0.05) is 36.6 Å². The van der Waals surface area contributed by atoms with Crippen LogP contribution in [-0.4, -0.2) is 29.3 Å². The van der Waals surface area contributed by atoms with Gasteiger partial charge in [0.1, 0.15) is 5.82 Å². The lowest BCUT2D eigenvalue weighted by molar-refractivity contribution is -0.126. The molecule has 1 aliphatic rings. The Balaban J connectivity index is 1.67. The van der Waals surface area contributed by atoms with Gasteiger partial charge in [0.05, 0.1) is 41.8 Å². The van der Waals surface area contributed by atoms with Crippen LogP contribution in [0.5, 0.6) is 11.5 Å². The van der Waals surface area contributed by atoms with E-state index in [2.05, 4.69) is 6.07 Å². The van der Waals surface area contributed by atoms with E-state index in [-0.39, 0.29) is 11.6 Å². The van der Waals surface area contributed by atoms with Crippen molar-refractivity contribution < 1.29 is 18.7 Å². The summed E-state index contributed by atoms with van der Waals surface area (Å²) in [7, 11) is 1.54. The van der Waals surface area contributed by atoms with E-state index in [1.165, 1.54) is 19.2 Å². The van der Waals surface area contributed by atoms with Crippen LogP contribution >= 0.6 is 0 Å². The summed E-state index contributed by atoms with van der Waals surface area (Å²) in [5.74, 6) is 0.318. The molecule has 39 heavy (non-hydrogen) atoms. The molecule has 3 aromatic carbocycles. The molecule has 0 amide bonds. The van der Waals surface area contributed by atoms with E-state index < -0.39 is 6.10 Å². The average molecular weight is 521 g/mol. The minimum Gasteiger partial charge on any atom is -0.493 e. The van der Waals surface area contributed by atoms with E-state index in [9.17, 15) is 14.4 Å². The Hall–Kier alpha value is -4.79. The van der Waals surface area contributed by atoms with Crippen molar-refractivity contribution in [2.45, 2.75) is 39.2 Å². The third-order valence-electron chi connectivity index (χ3n) is 6.71. The number of halogens is 1. The molecule has 0 saturated heterocycles. The van der Waals surface area contributed by atoms with Gasteiger partial charge in [-0.05, 0) is 54.4 Å². The van der Waals surface area contributed by atoms with E-state index in [4.69, 9.17) is 19.1 Å². The summed E-state index contributed by atoms with van der Waals surface area (Å²) in [5.41, 5.74) is 6.37. The maximum absolute atomic E-state index is 13.6. The lowest BCUT2D eigenvalue weighted by Crippen LogP contribution is -2.21. The smallest absolute Gasteiger partial charge is 0.342 e. The van der Waals surface area contributed by atoms with Gasteiger partial charge < -0.3 is 9.47 Å². The number of rotatable bonds is 8. The molecule has 0 saturated carbocycles. The maximum atomic E-state index is 13.6.